The van der Waals surface area contributed by atoms with Crippen LogP contribution < -0.4 is 26.2 Å². The highest BCUT2D eigenvalue weighted by Crippen LogP contribution is 2.29. The number of benzene rings is 2. The number of aromatic amines is 2. The summed E-state index contributed by atoms with van der Waals surface area (Å²) < 4.78 is 11.1. The second-order valence-corrected chi connectivity index (χ2v) is 14.8. The fourth-order valence-electron chi connectivity index (χ4n) is 6.32. The summed E-state index contributed by atoms with van der Waals surface area (Å²) in [6.45, 7) is 7.48. The highest BCUT2D eigenvalue weighted by Gasteiger charge is 2.30. The van der Waals surface area contributed by atoms with Gasteiger partial charge < -0.3 is 30.3 Å². The average molecular weight is 714 g/mol. The quantitative estimate of drug-likeness (QED) is 0.110. The van der Waals surface area contributed by atoms with E-state index in [0.29, 0.717) is 48.5 Å². The van der Waals surface area contributed by atoms with Crippen LogP contribution in [-0.2, 0) is 20.7 Å². The van der Waals surface area contributed by atoms with Gasteiger partial charge in [-0.05, 0) is 108 Å². The Morgan fingerprint density at radius 2 is 1.77 bits per heavy atom. The van der Waals surface area contributed by atoms with Gasteiger partial charge in [0.25, 0.3) is 5.56 Å². The van der Waals surface area contributed by atoms with E-state index < -0.39 is 17.7 Å². The number of carbonyl (C=O) groups is 3. The maximum Gasteiger partial charge on any atom is 0.407 e. The lowest BCUT2D eigenvalue weighted by molar-refractivity contribution is -0.130. The Morgan fingerprint density at radius 3 is 2.48 bits per heavy atom. The molecular formula is C39H51N7O6. The number of H-pyrrole nitrogens is 2. The van der Waals surface area contributed by atoms with Gasteiger partial charge in [0, 0.05) is 48.9 Å². The van der Waals surface area contributed by atoms with Crippen LogP contribution in [0.25, 0.3) is 22.0 Å². The molecule has 0 spiro atoms. The Hall–Kier alpha value is -5.17. The normalized spacial score (nSPS) is 16.7. The van der Waals surface area contributed by atoms with Crippen molar-refractivity contribution < 1.29 is 23.9 Å². The summed E-state index contributed by atoms with van der Waals surface area (Å²) in [5.41, 5.74) is 2.94. The molecule has 0 unspecified atom stereocenters. The van der Waals surface area contributed by atoms with Gasteiger partial charge in [-0.1, -0.05) is 24.3 Å². The number of nitrogens with one attached hydrogen (secondary N) is 5. The smallest absolute Gasteiger partial charge is 0.407 e. The monoisotopic (exact) mass is 713 g/mol. The van der Waals surface area contributed by atoms with E-state index >= 15 is 0 Å². The predicted octanol–water partition coefficient (Wildman–Crippen LogP) is 5.25. The maximum absolute atomic E-state index is 13.8. The Labute approximate surface area is 304 Å². The summed E-state index contributed by atoms with van der Waals surface area (Å²) >= 11 is 0. The number of amides is 3. The molecule has 3 amide bonds. The van der Waals surface area contributed by atoms with Crippen LogP contribution >= 0.6 is 0 Å². The number of anilines is 1. The van der Waals surface area contributed by atoms with E-state index in [1.54, 1.807) is 24.4 Å². The fraction of sp³-hybridized carbons (Fsp3) is 0.462. The lowest BCUT2D eigenvalue weighted by atomic mass is 9.81. The van der Waals surface area contributed by atoms with E-state index in [0.717, 1.165) is 42.5 Å². The summed E-state index contributed by atoms with van der Waals surface area (Å²) in [7, 11) is 4.06. The van der Waals surface area contributed by atoms with Gasteiger partial charge in [-0.25, -0.2) is 9.78 Å². The van der Waals surface area contributed by atoms with Crippen molar-refractivity contribution in [1.29, 1.82) is 0 Å². The first-order valence-electron chi connectivity index (χ1n) is 17.9. The zero-order valence-electron chi connectivity index (χ0n) is 30.7. The molecule has 0 radical (unpaired) electrons. The molecule has 0 bridgehead atoms. The van der Waals surface area contributed by atoms with Crippen molar-refractivity contribution in [2.24, 2.45) is 11.8 Å². The SMILES string of the molecule is CN(C)CCCOc1ccc(-c2cccc(C[C@H](NC(=O)[C@H]3CC[C@H](CNC(=O)OC(C)(C)C)CC3)C(=O)Nc3ccc4c(=O)[nH][nH]c4c3)c2)cn1. The standard InChI is InChI=1S/C39H51N7O6/c1-39(2,3)52-38(50)41-23-25-10-12-27(13-11-25)35(47)43-33(37(49)42-30-15-16-31-32(22-30)44-45-36(31)48)21-26-8-6-9-28(20-26)29-14-17-34(40-24-29)51-19-7-18-46(4)5/h6,8-9,14-17,20,22,24-25,27,33H,7,10-13,18-19,21,23H2,1-5H3,(H,41,50)(H,42,49)(H,43,47)(H2,44,45,48)/t25-,27-,33-/m0/s1. The molecule has 13 heteroatoms. The molecule has 0 saturated heterocycles. The number of alkyl carbamates (subject to hydrolysis) is 1. The number of pyridine rings is 1. The van der Waals surface area contributed by atoms with Gasteiger partial charge in [-0.3, -0.25) is 24.6 Å². The zero-order chi connectivity index (χ0) is 37.3. The zero-order valence-corrected chi connectivity index (χ0v) is 30.7. The number of nitrogens with zero attached hydrogens (tertiary/aromatic N) is 2. The summed E-state index contributed by atoms with van der Waals surface area (Å²) in [6.07, 6.45) is 5.33. The van der Waals surface area contributed by atoms with Crippen LogP contribution in [0.3, 0.4) is 0 Å². The summed E-state index contributed by atoms with van der Waals surface area (Å²) in [4.78, 5) is 58.2. The summed E-state index contributed by atoms with van der Waals surface area (Å²) in [6, 6.07) is 15.8. The van der Waals surface area contributed by atoms with E-state index in [4.69, 9.17) is 9.47 Å². The van der Waals surface area contributed by atoms with Crippen molar-refractivity contribution in [3.05, 3.63) is 76.7 Å². The molecule has 4 aromatic rings. The molecule has 13 nitrogen and oxygen atoms in total. The predicted molar refractivity (Wildman–Crippen MR) is 201 cm³/mol. The van der Waals surface area contributed by atoms with E-state index in [2.05, 4.69) is 36.0 Å². The molecule has 2 heterocycles. The molecule has 1 aliphatic rings. The van der Waals surface area contributed by atoms with Crippen LogP contribution in [0, 0.1) is 11.8 Å². The molecule has 5 rings (SSSR count). The van der Waals surface area contributed by atoms with E-state index in [1.165, 1.54) is 0 Å². The van der Waals surface area contributed by atoms with Crippen LogP contribution in [0.5, 0.6) is 5.88 Å². The third kappa shape index (κ3) is 11.2. The molecule has 0 aliphatic heterocycles. The lowest BCUT2D eigenvalue weighted by Crippen LogP contribution is -2.48. The summed E-state index contributed by atoms with van der Waals surface area (Å²) in [5.74, 6) is 0.00410. The molecular weight excluding hydrogens is 662 g/mol. The van der Waals surface area contributed by atoms with Crippen molar-refractivity contribution in [2.75, 3.05) is 39.1 Å². The van der Waals surface area contributed by atoms with Gasteiger partial charge in [0.15, 0.2) is 0 Å². The van der Waals surface area contributed by atoms with E-state index in [9.17, 15) is 19.2 Å². The van der Waals surface area contributed by atoms with E-state index in [1.807, 2.05) is 71.3 Å². The van der Waals surface area contributed by atoms with Gasteiger partial charge in [0.2, 0.25) is 17.7 Å². The molecule has 278 valence electrons. The first-order valence-corrected chi connectivity index (χ1v) is 17.9. The van der Waals surface area contributed by atoms with Crippen molar-refractivity contribution >= 4 is 34.5 Å². The van der Waals surface area contributed by atoms with Crippen LogP contribution in [-0.4, -0.2) is 83.4 Å². The van der Waals surface area contributed by atoms with Gasteiger partial charge in [-0.15, -0.1) is 0 Å². The van der Waals surface area contributed by atoms with Crippen molar-refractivity contribution in [1.82, 2.24) is 30.7 Å². The molecule has 52 heavy (non-hydrogen) atoms. The molecule has 5 N–H and O–H groups in total. The number of hydrogen-bond donors (Lipinski definition) is 5. The molecule has 1 atom stereocenters. The number of ether oxygens (including phenoxy) is 2. The second-order valence-electron chi connectivity index (χ2n) is 14.8. The Balaban J connectivity index is 1.25. The minimum absolute atomic E-state index is 0.175. The minimum Gasteiger partial charge on any atom is -0.478 e. The third-order valence-electron chi connectivity index (χ3n) is 9.06. The van der Waals surface area contributed by atoms with E-state index in [-0.39, 0.29) is 35.6 Å². The highest BCUT2D eigenvalue weighted by atomic mass is 16.6. The van der Waals surface area contributed by atoms with Crippen molar-refractivity contribution in [3.63, 3.8) is 0 Å². The first kappa shape index (κ1) is 38.1. The topological polar surface area (TPSA) is 171 Å². The van der Waals surface area contributed by atoms with Gasteiger partial charge in [0.05, 0.1) is 17.5 Å². The number of aromatic nitrogens is 3. The Bertz CT molecular complexity index is 1870. The Kier molecular flexibility index (Phi) is 12.7. The van der Waals surface area contributed by atoms with Crippen LogP contribution in [0.1, 0.15) is 58.4 Å². The van der Waals surface area contributed by atoms with Crippen LogP contribution in [0.15, 0.2) is 65.6 Å². The van der Waals surface area contributed by atoms with Gasteiger partial charge >= 0.3 is 6.09 Å². The summed E-state index contributed by atoms with van der Waals surface area (Å²) in [5, 5.41) is 14.7. The minimum atomic E-state index is -0.869. The number of hydrogen-bond acceptors (Lipinski definition) is 8. The highest BCUT2D eigenvalue weighted by molar-refractivity contribution is 5.99. The second kappa shape index (κ2) is 17.4. The first-order chi connectivity index (χ1) is 24.8. The van der Waals surface area contributed by atoms with Gasteiger partial charge in [0.1, 0.15) is 11.6 Å². The Morgan fingerprint density at radius 1 is 0.981 bits per heavy atom. The van der Waals surface area contributed by atoms with Crippen molar-refractivity contribution in [2.45, 2.75) is 70.9 Å². The lowest BCUT2D eigenvalue weighted by Gasteiger charge is -2.29. The molecule has 2 aromatic carbocycles. The third-order valence-corrected chi connectivity index (χ3v) is 9.06. The number of rotatable bonds is 14. The largest absolute Gasteiger partial charge is 0.478 e. The van der Waals surface area contributed by atoms with Crippen LogP contribution in [0.4, 0.5) is 10.5 Å². The number of carbonyl (C=O) groups excluding carboxylic acids is 3. The molecule has 1 saturated carbocycles. The number of fused-ring (bicyclic) bond motifs is 1. The molecule has 2 aromatic heterocycles. The average Bonchev–Trinajstić information content (AvgIpc) is 3.48. The fourth-order valence-corrected chi connectivity index (χ4v) is 6.32. The molecule has 1 fully saturated rings. The van der Waals surface area contributed by atoms with Crippen molar-refractivity contribution in [3.8, 4) is 17.0 Å². The van der Waals surface area contributed by atoms with Gasteiger partial charge in [-0.2, -0.15) is 0 Å². The maximum atomic E-state index is 13.8. The van der Waals surface area contributed by atoms with Crippen LogP contribution in [0.2, 0.25) is 0 Å². The molecule has 1 aliphatic carbocycles.